The van der Waals surface area contributed by atoms with Crippen LogP contribution in [-0.2, 0) is 18.3 Å². The van der Waals surface area contributed by atoms with Crippen LogP contribution >= 0.6 is 11.6 Å². The molecule has 0 radical (unpaired) electrons. The van der Waals surface area contributed by atoms with Gasteiger partial charge in [-0.3, -0.25) is 0 Å². The Hall–Kier alpha value is -0.730. The number of rotatable bonds is 2. The minimum atomic E-state index is -0.455. The lowest BCUT2D eigenvalue weighted by molar-refractivity contribution is 0.214. The number of benzene rings is 1. The number of phenolic OH excluding ortho intramolecular Hbond substituents is 1. The standard InChI is InChI=1S/C15H21ClO2/c1-15(2,9-17)13-11-7-5-3-4-6-10(11)8-12(16)14(13)18/h8,17-18H,3-7,9H2,1-2H3. The molecule has 0 aromatic heterocycles. The summed E-state index contributed by atoms with van der Waals surface area (Å²) in [7, 11) is 0. The lowest BCUT2D eigenvalue weighted by atomic mass is 9.79. The van der Waals surface area contributed by atoms with Crippen LogP contribution in [-0.4, -0.2) is 16.8 Å². The van der Waals surface area contributed by atoms with Crippen LogP contribution in [0.25, 0.3) is 0 Å². The average molecular weight is 269 g/mol. The topological polar surface area (TPSA) is 40.5 Å². The van der Waals surface area contributed by atoms with Crippen LogP contribution < -0.4 is 0 Å². The van der Waals surface area contributed by atoms with Crippen molar-refractivity contribution in [3.8, 4) is 5.75 Å². The molecule has 0 atom stereocenters. The van der Waals surface area contributed by atoms with E-state index in [1.165, 1.54) is 24.0 Å². The highest BCUT2D eigenvalue weighted by atomic mass is 35.5. The third-order valence-corrected chi connectivity index (χ3v) is 4.19. The van der Waals surface area contributed by atoms with Crippen molar-refractivity contribution in [3.05, 3.63) is 27.8 Å². The van der Waals surface area contributed by atoms with E-state index in [4.69, 9.17) is 11.6 Å². The second-order valence-corrected chi connectivity index (χ2v) is 6.23. The Morgan fingerprint density at radius 2 is 1.89 bits per heavy atom. The van der Waals surface area contributed by atoms with E-state index >= 15 is 0 Å². The zero-order valence-electron chi connectivity index (χ0n) is 11.1. The van der Waals surface area contributed by atoms with Crippen molar-refractivity contribution in [1.82, 2.24) is 0 Å². The number of hydrogen-bond donors (Lipinski definition) is 2. The highest BCUT2D eigenvalue weighted by molar-refractivity contribution is 6.32. The van der Waals surface area contributed by atoms with Gasteiger partial charge in [0.1, 0.15) is 5.75 Å². The molecule has 3 heteroatoms. The Morgan fingerprint density at radius 1 is 1.22 bits per heavy atom. The molecule has 1 aromatic carbocycles. The van der Waals surface area contributed by atoms with Gasteiger partial charge in [0, 0.05) is 11.0 Å². The Balaban J connectivity index is 2.65. The van der Waals surface area contributed by atoms with Gasteiger partial charge < -0.3 is 10.2 Å². The quantitative estimate of drug-likeness (QED) is 0.805. The lowest BCUT2D eigenvalue weighted by Gasteiger charge is -2.28. The zero-order chi connectivity index (χ0) is 13.3. The molecule has 100 valence electrons. The number of phenols is 1. The van der Waals surface area contributed by atoms with Gasteiger partial charge in [-0.15, -0.1) is 0 Å². The summed E-state index contributed by atoms with van der Waals surface area (Å²) in [4.78, 5) is 0. The zero-order valence-corrected chi connectivity index (χ0v) is 11.8. The first kappa shape index (κ1) is 13.7. The van der Waals surface area contributed by atoms with E-state index in [1.807, 2.05) is 19.9 Å². The molecule has 0 saturated heterocycles. The Labute approximate surface area is 114 Å². The van der Waals surface area contributed by atoms with Crippen LogP contribution in [0.3, 0.4) is 0 Å². The number of aryl methyl sites for hydroxylation is 1. The van der Waals surface area contributed by atoms with Crippen LogP contribution in [0.1, 0.15) is 49.8 Å². The van der Waals surface area contributed by atoms with Gasteiger partial charge in [-0.1, -0.05) is 31.9 Å². The summed E-state index contributed by atoms with van der Waals surface area (Å²) in [5, 5.41) is 20.3. The minimum Gasteiger partial charge on any atom is -0.506 e. The number of fused-ring (bicyclic) bond motifs is 1. The molecule has 0 spiro atoms. The summed E-state index contributed by atoms with van der Waals surface area (Å²) in [6.45, 7) is 3.90. The van der Waals surface area contributed by atoms with Gasteiger partial charge in [0.25, 0.3) is 0 Å². The fourth-order valence-electron chi connectivity index (χ4n) is 2.84. The van der Waals surface area contributed by atoms with E-state index in [-0.39, 0.29) is 12.4 Å². The number of hydrogen-bond acceptors (Lipinski definition) is 2. The van der Waals surface area contributed by atoms with Gasteiger partial charge in [-0.2, -0.15) is 0 Å². The first-order valence-electron chi connectivity index (χ1n) is 6.62. The van der Waals surface area contributed by atoms with Gasteiger partial charge in [-0.25, -0.2) is 0 Å². The van der Waals surface area contributed by atoms with Crippen molar-refractivity contribution >= 4 is 11.6 Å². The second-order valence-electron chi connectivity index (χ2n) is 5.82. The van der Waals surface area contributed by atoms with Crippen molar-refractivity contribution in [2.45, 2.75) is 51.4 Å². The van der Waals surface area contributed by atoms with E-state index in [0.29, 0.717) is 5.02 Å². The second kappa shape index (κ2) is 5.10. The minimum absolute atomic E-state index is 0.00728. The molecular weight excluding hydrogens is 248 g/mol. The van der Waals surface area contributed by atoms with Gasteiger partial charge in [0.05, 0.1) is 11.6 Å². The Bertz CT molecular complexity index is 452. The first-order valence-corrected chi connectivity index (χ1v) is 6.99. The maximum absolute atomic E-state index is 10.3. The highest BCUT2D eigenvalue weighted by Crippen LogP contribution is 2.42. The Kier molecular flexibility index (Phi) is 3.88. The van der Waals surface area contributed by atoms with E-state index in [0.717, 1.165) is 24.8 Å². The van der Waals surface area contributed by atoms with Crippen LogP contribution in [0.2, 0.25) is 5.02 Å². The largest absolute Gasteiger partial charge is 0.506 e. The molecule has 0 amide bonds. The molecule has 2 N–H and O–H groups in total. The van der Waals surface area contributed by atoms with Crippen molar-refractivity contribution in [2.75, 3.05) is 6.61 Å². The predicted octanol–water partition coefficient (Wildman–Crippen LogP) is 3.58. The van der Waals surface area contributed by atoms with E-state index in [9.17, 15) is 10.2 Å². The molecular formula is C15H21ClO2. The third-order valence-electron chi connectivity index (χ3n) is 3.90. The molecule has 0 fully saturated rings. The van der Waals surface area contributed by atoms with Crippen molar-refractivity contribution in [1.29, 1.82) is 0 Å². The smallest absolute Gasteiger partial charge is 0.138 e. The monoisotopic (exact) mass is 268 g/mol. The summed E-state index contributed by atoms with van der Waals surface area (Å²) in [5.41, 5.74) is 2.83. The van der Waals surface area contributed by atoms with Gasteiger partial charge >= 0.3 is 0 Å². The number of aliphatic hydroxyl groups is 1. The molecule has 2 nitrogen and oxygen atoms in total. The fraction of sp³-hybridized carbons (Fsp3) is 0.600. The maximum atomic E-state index is 10.3. The summed E-state index contributed by atoms with van der Waals surface area (Å²) < 4.78 is 0. The molecule has 18 heavy (non-hydrogen) atoms. The summed E-state index contributed by atoms with van der Waals surface area (Å²) in [6.07, 6.45) is 5.52. The molecule has 0 bridgehead atoms. The molecule has 1 aliphatic rings. The van der Waals surface area contributed by atoms with E-state index in [2.05, 4.69) is 0 Å². The van der Waals surface area contributed by atoms with Crippen molar-refractivity contribution < 1.29 is 10.2 Å². The fourth-order valence-corrected chi connectivity index (χ4v) is 3.07. The molecule has 1 aromatic rings. The van der Waals surface area contributed by atoms with E-state index < -0.39 is 5.41 Å². The number of halogens is 1. The molecule has 0 unspecified atom stereocenters. The summed E-state index contributed by atoms with van der Waals surface area (Å²) in [6, 6.07) is 1.90. The summed E-state index contributed by atoms with van der Waals surface area (Å²) >= 11 is 6.14. The molecule has 0 aliphatic heterocycles. The van der Waals surface area contributed by atoms with Crippen LogP contribution in [0.4, 0.5) is 0 Å². The SMILES string of the molecule is CC(C)(CO)c1c(O)c(Cl)cc2c1CCCCC2. The normalized spacial score (nSPS) is 16.2. The molecule has 0 heterocycles. The first-order chi connectivity index (χ1) is 8.47. The van der Waals surface area contributed by atoms with Gasteiger partial charge in [-0.05, 0) is 42.9 Å². The Morgan fingerprint density at radius 3 is 2.56 bits per heavy atom. The highest BCUT2D eigenvalue weighted by Gasteiger charge is 2.29. The molecule has 0 saturated carbocycles. The number of aromatic hydroxyl groups is 1. The van der Waals surface area contributed by atoms with Crippen molar-refractivity contribution in [3.63, 3.8) is 0 Å². The van der Waals surface area contributed by atoms with Crippen LogP contribution in [0.5, 0.6) is 5.75 Å². The predicted molar refractivity (Wildman–Crippen MR) is 74.5 cm³/mol. The van der Waals surface area contributed by atoms with Gasteiger partial charge in [0.2, 0.25) is 0 Å². The third kappa shape index (κ3) is 2.36. The van der Waals surface area contributed by atoms with E-state index in [1.54, 1.807) is 0 Å². The lowest BCUT2D eigenvalue weighted by Crippen LogP contribution is -2.25. The van der Waals surface area contributed by atoms with Crippen LogP contribution in [0.15, 0.2) is 6.07 Å². The van der Waals surface area contributed by atoms with Gasteiger partial charge in [0.15, 0.2) is 0 Å². The average Bonchev–Trinajstić information content (AvgIpc) is 2.55. The summed E-state index contributed by atoms with van der Waals surface area (Å²) in [5.74, 6) is 0.149. The molecule has 2 rings (SSSR count). The molecule has 1 aliphatic carbocycles. The maximum Gasteiger partial charge on any atom is 0.138 e. The van der Waals surface area contributed by atoms with Crippen molar-refractivity contribution in [2.24, 2.45) is 0 Å². The van der Waals surface area contributed by atoms with Crippen LogP contribution in [0, 0.1) is 0 Å². The number of aliphatic hydroxyl groups excluding tert-OH is 1.